The molecule has 0 N–H and O–H groups in total. The highest BCUT2D eigenvalue weighted by atomic mass is 79.9. The topological polar surface area (TPSA) is 153 Å². The molecular weight excluding hydrogens is 952 g/mol. The molecule has 4 aromatic carbocycles. The van der Waals surface area contributed by atoms with Gasteiger partial charge in [-0.05, 0) is 49.9 Å². The summed E-state index contributed by atoms with van der Waals surface area (Å²) in [5.74, 6) is 1.78. The maximum Gasteiger partial charge on any atom is 0.302 e. The van der Waals surface area contributed by atoms with Crippen molar-refractivity contribution in [1.82, 2.24) is 0 Å². The van der Waals surface area contributed by atoms with Crippen molar-refractivity contribution in [2.45, 2.75) is 149 Å². The van der Waals surface area contributed by atoms with Crippen LogP contribution in [0.15, 0.2) is 24.3 Å². The monoisotopic (exact) mass is 1010 g/mol. The molecule has 4 aliphatic heterocycles. The summed E-state index contributed by atoms with van der Waals surface area (Å²) >= 11 is 3.87. The van der Waals surface area contributed by atoms with Gasteiger partial charge in [-0.2, -0.15) is 0 Å². The molecule has 69 heavy (non-hydrogen) atoms. The number of halogens is 1. The lowest BCUT2D eigenvalue weighted by molar-refractivity contribution is -0.143. The molecule has 0 amide bonds. The zero-order chi connectivity index (χ0) is 48.5. The van der Waals surface area contributed by atoms with Gasteiger partial charge in [-0.15, -0.1) is 0 Å². The zero-order valence-corrected chi connectivity index (χ0v) is 42.1. The van der Waals surface area contributed by atoms with Crippen molar-refractivity contribution in [1.29, 1.82) is 0 Å². The Kier molecular flexibility index (Phi) is 14.4. The number of carbonyl (C=O) groups is 3. The fraction of sp³-hybridized carbons (Fsp3) is 0.500. The first-order chi connectivity index (χ1) is 33.5. The minimum absolute atomic E-state index is 0.119. The van der Waals surface area contributed by atoms with Crippen LogP contribution in [0.5, 0.6) is 46.0 Å². The number of esters is 3. The minimum Gasteiger partial charge on any atom is -0.461 e. The second-order valence-corrected chi connectivity index (χ2v) is 18.8. The second-order valence-electron chi connectivity index (χ2n) is 18.2. The molecule has 1 aliphatic carbocycles. The molecule has 0 aromatic heterocycles. The van der Waals surface area contributed by atoms with Gasteiger partial charge in [-0.25, -0.2) is 0 Å². The summed E-state index contributed by atoms with van der Waals surface area (Å²) in [5, 5.41) is 0.411. The van der Waals surface area contributed by atoms with Crippen LogP contribution >= 0.6 is 15.9 Å². The van der Waals surface area contributed by atoms with Gasteiger partial charge in [0.25, 0.3) is 0 Å². The molecule has 4 unspecified atom stereocenters. The molecule has 14 nitrogen and oxygen atoms in total. The lowest BCUT2D eigenvalue weighted by atomic mass is 9.74. The molecule has 5 aliphatic rings. The van der Waals surface area contributed by atoms with E-state index in [1.165, 1.54) is 20.8 Å². The van der Waals surface area contributed by atoms with Gasteiger partial charge in [0.15, 0.2) is 0 Å². The minimum atomic E-state index is -0.463. The van der Waals surface area contributed by atoms with E-state index in [4.69, 9.17) is 52.1 Å². The Hall–Kier alpha value is -5.83. The Morgan fingerprint density at radius 1 is 0.406 bits per heavy atom. The zero-order valence-electron chi connectivity index (χ0n) is 40.5. The van der Waals surface area contributed by atoms with Crippen LogP contribution in [0.25, 0.3) is 0 Å². The first-order valence-electron chi connectivity index (χ1n) is 24.3. The molecule has 4 heterocycles. The fourth-order valence-electron chi connectivity index (χ4n) is 11.1. The molecule has 0 saturated carbocycles. The largest absolute Gasteiger partial charge is 0.461 e. The standard InChI is InChI=1S/C54H61BrO14/c1-8-12-31-35-16-36-32(13-9-2)38-18-40-34(15-11-4)42-19-41-33(14-10-3)39-17-37(31)49-44(21-59-28(5)56)51(39)66-26-68-53(41)46(23-61-30(7)58)54(42)69-27-67-52(40)45(22-60-29(6)57)50(38)65-25-63-48(36)43(20-55)47(35)62-24-64-49/h16-19,31-34H,8-15,20-27H2,1-7H3. The van der Waals surface area contributed by atoms with Crippen LogP contribution in [0.4, 0.5) is 0 Å². The van der Waals surface area contributed by atoms with E-state index in [1.807, 2.05) is 0 Å². The Morgan fingerprint density at radius 3 is 0.783 bits per heavy atom. The van der Waals surface area contributed by atoms with E-state index in [0.29, 0.717) is 93.7 Å². The highest BCUT2D eigenvalue weighted by Gasteiger charge is 2.41. The lowest BCUT2D eigenvalue weighted by Gasteiger charge is -2.37. The maximum atomic E-state index is 12.7. The number of hydrogen-bond acceptors (Lipinski definition) is 14. The molecule has 0 spiro atoms. The van der Waals surface area contributed by atoms with Gasteiger partial charge in [0, 0.05) is 99.8 Å². The third-order valence-electron chi connectivity index (χ3n) is 13.9. The summed E-state index contributed by atoms with van der Waals surface area (Å²) in [6.07, 6.45) is 5.93. The van der Waals surface area contributed by atoms with Gasteiger partial charge in [0.05, 0.1) is 16.7 Å². The van der Waals surface area contributed by atoms with Gasteiger partial charge in [-0.1, -0.05) is 69.3 Å². The van der Waals surface area contributed by atoms with Crippen LogP contribution in [0.3, 0.4) is 0 Å². The summed E-state index contributed by atoms with van der Waals surface area (Å²) in [4.78, 5) is 38.1. The first kappa shape index (κ1) is 48.2. The van der Waals surface area contributed by atoms with Gasteiger partial charge >= 0.3 is 17.9 Å². The second kappa shape index (κ2) is 20.6. The summed E-state index contributed by atoms with van der Waals surface area (Å²) in [7, 11) is 0. The average molecular weight is 1010 g/mol. The van der Waals surface area contributed by atoms with E-state index in [0.717, 1.165) is 75.8 Å². The number of hydrogen-bond donors (Lipinski definition) is 0. The van der Waals surface area contributed by atoms with E-state index in [1.54, 1.807) is 0 Å². The molecule has 4 atom stereocenters. The van der Waals surface area contributed by atoms with Gasteiger partial charge in [-0.3, -0.25) is 14.4 Å². The Bertz CT molecular complexity index is 2490. The predicted molar refractivity (Wildman–Crippen MR) is 256 cm³/mol. The van der Waals surface area contributed by atoms with Crippen molar-refractivity contribution >= 4 is 33.8 Å². The number of alkyl halides is 1. The van der Waals surface area contributed by atoms with E-state index in [-0.39, 0.29) is 70.7 Å². The SMILES string of the molecule is CCCC1c2cc3c4c(CBr)c2OCOc2c1cc1c(c2COC(C)=O)OCOc2c(cc5c(c2COC(C)=O)OCOc2c(cc(c(c2COC(C)=O)OCO4)C3CCC)C5CCC)C1CCC. The molecule has 9 rings (SSSR count). The van der Waals surface area contributed by atoms with Crippen LogP contribution in [-0.2, 0) is 53.7 Å². The van der Waals surface area contributed by atoms with E-state index in [2.05, 4.69) is 67.9 Å². The summed E-state index contributed by atoms with van der Waals surface area (Å²) < 4.78 is 71.5. The normalized spacial score (nSPS) is 18.8. The van der Waals surface area contributed by atoms with Gasteiger partial charge in [0.2, 0.25) is 27.2 Å². The number of benzene rings is 4. The van der Waals surface area contributed by atoms with Crippen LogP contribution < -0.4 is 37.9 Å². The Morgan fingerprint density at radius 2 is 0.609 bits per heavy atom. The van der Waals surface area contributed by atoms with Crippen LogP contribution in [0, 0.1) is 0 Å². The smallest absolute Gasteiger partial charge is 0.302 e. The van der Waals surface area contributed by atoms with E-state index >= 15 is 0 Å². The summed E-state index contributed by atoms with van der Waals surface area (Å²) in [6.45, 7) is 11.6. The van der Waals surface area contributed by atoms with Crippen molar-refractivity contribution < 1.29 is 66.5 Å². The van der Waals surface area contributed by atoms with Crippen molar-refractivity contribution in [2.24, 2.45) is 0 Å². The van der Waals surface area contributed by atoms with E-state index in [9.17, 15) is 14.4 Å². The average Bonchev–Trinajstić information content (AvgIpc) is 3.30. The highest BCUT2D eigenvalue weighted by Crippen LogP contribution is 2.58. The lowest BCUT2D eigenvalue weighted by Crippen LogP contribution is -2.25. The van der Waals surface area contributed by atoms with Crippen molar-refractivity contribution in [3.63, 3.8) is 0 Å². The molecule has 15 heteroatoms. The molecule has 0 radical (unpaired) electrons. The fourth-order valence-corrected chi connectivity index (χ4v) is 11.6. The van der Waals surface area contributed by atoms with Crippen LogP contribution in [0.2, 0.25) is 0 Å². The quantitative estimate of drug-likeness (QED) is 0.0630. The van der Waals surface area contributed by atoms with Gasteiger partial charge in [0.1, 0.15) is 65.8 Å². The predicted octanol–water partition coefficient (Wildman–Crippen LogP) is 11.7. The van der Waals surface area contributed by atoms with Crippen molar-refractivity contribution in [2.75, 3.05) is 27.2 Å². The van der Waals surface area contributed by atoms with Gasteiger partial charge < -0.3 is 52.1 Å². The Labute approximate surface area is 411 Å². The summed E-state index contributed by atoms with van der Waals surface area (Å²) in [6, 6.07) is 8.92. The van der Waals surface area contributed by atoms with E-state index < -0.39 is 17.9 Å². The van der Waals surface area contributed by atoms with Crippen LogP contribution in [0.1, 0.15) is 190 Å². The summed E-state index contributed by atoms with van der Waals surface area (Å²) in [5.41, 5.74) is 9.83. The Balaban J connectivity index is 1.50. The third kappa shape index (κ3) is 8.88. The molecular formula is C54H61BrO14. The third-order valence-corrected chi connectivity index (χ3v) is 14.4. The van der Waals surface area contributed by atoms with Crippen molar-refractivity contribution in [3.8, 4) is 46.0 Å². The molecule has 0 fully saturated rings. The number of carbonyl (C=O) groups excluding carboxylic acids is 3. The number of ether oxygens (including phenoxy) is 11. The molecule has 0 saturated heterocycles. The molecule has 8 bridgehead atoms. The molecule has 4 aromatic rings. The number of rotatable bonds is 15. The molecule has 368 valence electrons. The first-order valence-corrected chi connectivity index (χ1v) is 25.4. The van der Waals surface area contributed by atoms with Crippen molar-refractivity contribution in [3.05, 3.63) is 91.0 Å². The van der Waals surface area contributed by atoms with Crippen LogP contribution in [-0.4, -0.2) is 45.1 Å². The maximum absolute atomic E-state index is 12.7. The highest BCUT2D eigenvalue weighted by molar-refractivity contribution is 9.08.